The summed E-state index contributed by atoms with van der Waals surface area (Å²) in [6, 6.07) is -2.12. The van der Waals surface area contributed by atoms with Gasteiger partial charge in [-0.2, -0.15) is 0 Å². The number of unbranched alkanes of at least 4 members (excludes halogenated alkanes) is 26. The first-order valence-electron chi connectivity index (χ1n) is 21.4. The van der Waals surface area contributed by atoms with Crippen molar-refractivity contribution in [2.75, 3.05) is 13.2 Å². The molecule has 0 saturated heterocycles. The highest BCUT2D eigenvalue weighted by Crippen LogP contribution is 2.15. The first kappa shape index (κ1) is 48.8. The topological polar surface area (TPSA) is 145 Å². The Morgan fingerprint density at radius 1 is 0.510 bits per heavy atom. The number of esters is 2. The molecule has 0 radical (unpaired) electrons. The molecule has 0 aliphatic rings. The van der Waals surface area contributed by atoms with Crippen LogP contribution in [0.5, 0.6) is 0 Å². The monoisotopic (exact) mass is 725 g/mol. The van der Waals surface area contributed by atoms with Crippen molar-refractivity contribution in [3.8, 4) is 0 Å². The molecule has 0 aliphatic heterocycles. The molecule has 2 atom stereocenters. The van der Waals surface area contributed by atoms with Crippen molar-refractivity contribution in [2.24, 2.45) is 5.73 Å². The minimum atomic E-state index is -1.07. The summed E-state index contributed by atoms with van der Waals surface area (Å²) >= 11 is 0. The van der Waals surface area contributed by atoms with E-state index < -0.39 is 35.9 Å². The van der Waals surface area contributed by atoms with Gasteiger partial charge in [-0.05, 0) is 25.7 Å². The number of carboxylic acid groups (broad SMARTS) is 1. The van der Waals surface area contributed by atoms with E-state index in [1.807, 2.05) is 0 Å². The molecule has 0 saturated carbocycles. The maximum absolute atomic E-state index is 12.9. The van der Waals surface area contributed by atoms with Gasteiger partial charge in [-0.25, -0.2) is 4.79 Å². The highest BCUT2D eigenvalue weighted by Gasteiger charge is 2.26. The Kier molecular flexibility index (Phi) is 36.0. The van der Waals surface area contributed by atoms with Crippen LogP contribution in [-0.2, 0) is 28.7 Å². The molecule has 0 heterocycles. The van der Waals surface area contributed by atoms with Gasteiger partial charge in [0.25, 0.3) is 0 Å². The Morgan fingerprint density at radius 3 is 1.24 bits per heavy atom. The Labute approximate surface area is 312 Å². The van der Waals surface area contributed by atoms with Crippen molar-refractivity contribution in [1.82, 2.24) is 5.32 Å². The second-order valence-electron chi connectivity index (χ2n) is 14.7. The minimum absolute atomic E-state index is 0.0343. The van der Waals surface area contributed by atoms with E-state index in [4.69, 9.17) is 20.3 Å². The van der Waals surface area contributed by atoms with Crippen LogP contribution < -0.4 is 11.1 Å². The number of hydrogen-bond acceptors (Lipinski definition) is 7. The molecule has 300 valence electrons. The third kappa shape index (κ3) is 34.7. The third-order valence-corrected chi connectivity index (χ3v) is 9.75. The van der Waals surface area contributed by atoms with Gasteiger partial charge in [0, 0.05) is 12.8 Å². The molecular formula is C42H80N2O7. The van der Waals surface area contributed by atoms with Crippen molar-refractivity contribution < 1.29 is 33.8 Å². The van der Waals surface area contributed by atoms with Gasteiger partial charge in [-0.3, -0.25) is 14.4 Å². The second kappa shape index (κ2) is 37.6. The van der Waals surface area contributed by atoms with Gasteiger partial charge in [-0.15, -0.1) is 0 Å². The first-order chi connectivity index (χ1) is 24.8. The average molecular weight is 725 g/mol. The number of carbonyl (C=O) groups is 4. The molecule has 0 aromatic rings. The summed E-state index contributed by atoms with van der Waals surface area (Å²) in [5, 5.41) is 11.5. The van der Waals surface area contributed by atoms with Crippen molar-refractivity contribution in [2.45, 2.75) is 231 Å². The summed E-state index contributed by atoms with van der Waals surface area (Å²) in [6.07, 6.45) is 34.5. The van der Waals surface area contributed by atoms with Gasteiger partial charge in [0.2, 0.25) is 5.91 Å². The zero-order chi connectivity index (χ0) is 37.6. The lowest BCUT2D eigenvalue weighted by Crippen LogP contribution is -2.49. The Hall–Kier alpha value is -2.16. The van der Waals surface area contributed by atoms with E-state index in [9.17, 15) is 19.2 Å². The van der Waals surface area contributed by atoms with Crippen molar-refractivity contribution >= 4 is 23.8 Å². The number of nitrogens with one attached hydrogen (secondary N) is 1. The van der Waals surface area contributed by atoms with E-state index in [2.05, 4.69) is 19.2 Å². The maximum Gasteiger partial charge on any atom is 0.328 e. The van der Waals surface area contributed by atoms with Crippen LogP contribution >= 0.6 is 0 Å². The maximum atomic E-state index is 12.9. The normalized spacial score (nSPS) is 12.4. The fraction of sp³-hybridized carbons (Fsp3) is 0.905. The molecule has 1 amide bonds. The lowest BCUT2D eigenvalue weighted by molar-refractivity contribution is -0.149. The van der Waals surface area contributed by atoms with Crippen LogP contribution in [0.25, 0.3) is 0 Å². The summed E-state index contributed by atoms with van der Waals surface area (Å²) in [4.78, 5) is 48.8. The van der Waals surface area contributed by atoms with Crippen molar-refractivity contribution in [3.05, 3.63) is 0 Å². The molecule has 0 rings (SSSR count). The molecule has 0 spiro atoms. The number of hydrogen-bond donors (Lipinski definition) is 3. The molecule has 51 heavy (non-hydrogen) atoms. The molecule has 9 nitrogen and oxygen atoms in total. The lowest BCUT2D eigenvalue weighted by atomic mass is 10.0. The van der Waals surface area contributed by atoms with Gasteiger partial charge in [0.05, 0.1) is 19.3 Å². The molecule has 0 aromatic carbocycles. The van der Waals surface area contributed by atoms with Gasteiger partial charge < -0.3 is 25.6 Å². The van der Waals surface area contributed by atoms with Crippen LogP contribution in [0.15, 0.2) is 0 Å². The van der Waals surface area contributed by atoms with Crippen LogP contribution in [0.3, 0.4) is 0 Å². The SMILES string of the molecule is CCCCCCCCCCCCCCCCOC(=O)CC[C@H](NC(=O)C(N)CCC(=O)O)C(=O)OCCCCCCCCCCCCCCCC. The number of nitrogens with two attached hydrogens (primary N) is 1. The lowest BCUT2D eigenvalue weighted by Gasteiger charge is -2.20. The molecule has 0 aliphatic carbocycles. The fourth-order valence-electron chi connectivity index (χ4n) is 6.32. The van der Waals surface area contributed by atoms with Crippen LogP contribution in [0.2, 0.25) is 0 Å². The molecule has 4 N–H and O–H groups in total. The van der Waals surface area contributed by atoms with E-state index in [0.717, 1.165) is 38.5 Å². The van der Waals surface area contributed by atoms with Gasteiger partial charge >= 0.3 is 17.9 Å². The summed E-state index contributed by atoms with van der Waals surface area (Å²) in [5.74, 6) is -2.71. The summed E-state index contributed by atoms with van der Waals surface area (Å²) in [5.41, 5.74) is 5.86. The first-order valence-corrected chi connectivity index (χ1v) is 21.4. The minimum Gasteiger partial charge on any atom is -0.481 e. The quantitative estimate of drug-likeness (QED) is 0.0419. The zero-order valence-corrected chi connectivity index (χ0v) is 33.2. The summed E-state index contributed by atoms with van der Waals surface area (Å²) in [7, 11) is 0. The third-order valence-electron chi connectivity index (χ3n) is 9.75. The van der Waals surface area contributed by atoms with Crippen molar-refractivity contribution in [1.29, 1.82) is 0 Å². The van der Waals surface area contributed by atoms with Gasteiger partial charge in [0.1, 0.15) is 6.04 Å². The number of ether oxygens (including phenoxy) is 2. The number of rotatable bonds is 39. The van der Waals surface area contributed by atoms with E-state index in [1.165, 1.54) is 141 Å². The molecular weight excluding hydrogens is 644 g/mol. The van der Waals surface area contributed by atoms with Crippen molar-refractivity contribution in [3.63, 3.8) is 0 Å². The van der Waals surface area contributed by atoms with E-state index in [-0.39, 0.29) is 32.3 Å². The molecule has 9 heteroatoms. The molecule has 0 bridgehead atoms. The highest BCUT2D eigenvalue weighted by molar-refractivity contribution is 5.88. The second-order valence-corrected chi connectivity index (χ2v) is 14.7. The Bertz CT molecular complexity index is 838. The summed E-state index contributed by atoms with van der Waals surface area (Å²) < 4.78 is 10.9. The van der Waals surface area contributed by atoms with E-state index >= 15 is 0 Å². The molecule has 0 fully saturated rings. The summed E-state index contributed by atoms with van der Waals surface area (Å²) in [6.45, 7) is 5.10. The van der Waals surface area contributed by atoms with Crippen LogP contribution in [0, 0.1) is 0 Å². The van der Waals surface area contributed by atoms with Crippen LogP contribution in [0.4, 0.5) is 0 Å². The molecule has 1 unspecified atom stereocenters. The van der Waals surface area contributed by atoms with Gasteiger partial charge in [-0.1, -0.05) is 181 Å². The fourth-order valence-corrected chi connectivity index (χ4v) is 6.32. The van der Waals surface area contributed by atoms with Crippen LogP contribution in [0.1, 0.15) is 219 Å². The number of amides is 1. The Balaban J connectivity index is 4.22. The largest absolute Gasteiger partial charge is 0.481 e. The number of carboxylic acids is 1. The number of carbonyl (C=O) groups excluding carboxylic acids is 3. The van der Waals surface area contributed by atoms with E-state index in [1.54, 1.807) is 0 Å². The van der Waals surface area contributed by atoms with Crippen LogP contribution in [-0.4, -0.2) is 54.2 Å². The average Bonchev–Trinajstić information content (AvgIpc) is 3.11. The molecule has 0 aromatic heterocycles. The Morgan fingerprint density at radius 2 is 0.863 bits per heavy atom. The predicted octanol–water partition coefficient (Wildman–Crippen LogP) is 10.5. The van der Waals surface area contributed by atoms with E-state index in [0.29, 0.717) is 6.61 Å². The smallest absolute Gasteiger partial charge is 0.328 e. The number of aliphatic carboxylic acids is 1. The highest BCUT2D eigenvalue weighted by atomic mass is 16.5. The van der Waals surface area contributed by atoms with Gasteiger partial charge in [0.15, 0.2) is 0 Å². The zero-order valence-electron chi connectivity index (χ0n) is 33.2. The standard InChI is InChI=1S/C42H80N2O7/c1-3-5-7-9-11-13-15-17-19-21-23-25-27-29-35-50-40(47)34-32-38(44-41(48)37(43)31-33-39(45)46)42(49)51-36-30-28-26-24-22-20-18-16-14-12-10-8-6-4-2/h37-38H,3-36,43H2,1-2H3,(H,44,48)(H,45,46)/t37?,38-/m0/s1. The predicted molar refractivity (Wildman–Crippen MR) is 209 cm³/mol.